The average Bonchev–Trinajstić information content (AvgIpc) is 2.40. The minimum absolute atomic E-state index is 0.0561. The zero-order chi connectivity index (χ0) is 13.8. The zero-order valence-electron chi connectivity index (χ0n) is 9.81. The molecule has 2 nitrogen and oxygen atoms in total. The first-order chi connectivity index (χ1) is 9.11. The molecule has 0 aromatic heterocycles. The summed E-state index contributed by atoms with van der Waals surface area (Å²) in [6, 6.07) is 10.7. The number of hydrogen-bond acceptors (Lipinski definition) is 2. The molecular formula is C15H10BrFO2. The minimum Gasteiger partial charge on any atom is -0.507 e. The molecule has 19 heavy (non-hydrogen) atoms. The number of aromatic hydroxyl groups is 1. The van der Waals surface area contributed by atoms with Crippen LogP contribution in [0.3, 0.4) is 0 Å². The largest absolute Gasteiger partial charge is 0.507 e. The minimum atomic E-state index is -0.354. The van der Waals surface area contributed by atoms with E-state index in [1.54, 1.807) is 24.3 Å². The monoisotopic (exact) mass is 320 g/mol. The van der Waals surface area contributed by atoms with Gasteiger partial charge >= 0.3 is 0 Å². The van der Waals surface area contributed by atoms with Gasteiger partial charge in [0.15, 0.2) is 0 Å². The van der Waals surface area contributed by atoms with Gasteiger partial charge in [-0.25, -0.2) is 4.39 Å². The van der Waals surface area contributed by atoms with Crippen molar-refractivity contribution in [2.45, 2.75) is 0 Å². The number of carbonyl (C=O) groups excluding carboxylic acids is 1. The molecule has 0 saturated heterocycles. The summed E-state index contributed by atoms with van der Waals surface area (Å²) < 4.78 is 13.7. The summed E-state index contributed by atoms with van der Waals surface area (Å²) in [6.45, 7) is 0. The number of phenols is 1. The molecule has 0 aliphatic heterocycles. The Morgan fingerprint density at radius 2 is 1.84 bits per heavy atom. The van der Waals surface area contributed by atoms with Gasteiger partial charge in [-0.05, 0) is 47.5 Å². The van der Waals surface area contributed by atoms with E-state index < -0.39 is 0 Å². The number of carbonyl (C=O) groups is 1. The molecule has 4 heteroatoms. The van der Waals surface area contributed by atoms with E-state index in [1.165, 1.54) is 24.3 Å². The Kier molecular flexibility index (Phi) is 4.12. The van der Waals surface area contributed by atoms with Crippen molar-refractivity contribution < 1.29 is 14.3 Å². The summed E-state index contributed by atoms with van der Waals surface area (Å²) >= 11 is 3.31. The van der Waals surface area contributed by atoms with Gasteiger partial charge in [0.05, 0.1) is 0 Å². The standard InChI is InChI=1S/C15H10BrFO2/c16-11-3-6-15(19)14(9-11)13(7-8-18)10-1-4-12(17)5-2-10/h1-9,19H/b13-7+. The van der Waals surface area contributed by atoms with Crippen molar-refractivity contribution >= 4 is 27.8 Å². The molecule has 0 saturated carbocycles. The van der Waals surface area contributed by atoms with Gasteiger partial charge in [-0.3, -0.25) is 4.79 Å². The van der Waals surface area contributed by atoms with Gasteiger partial charge in [0.25, 0.3) is 0 Å². The first kappa shape index (κ1) is 13.5. The molecule has 0 fully saturated rings. The molecule has 2 rings (SSSR count). The molecule has 0 amide bonds. The third kappa shape index (κ3) is 3.09. The number of allylic oxidation sites excluding steroid dienone is 1. The van der Waals surface area contributed by atoms with Crippen LogP contribution in [0.1, 0.15) is 11.1 Å². The Balaban J connectivity index is 2.58. The second-order valence-electron chi connectivity index (χ2n) is 3.88. The van der Waals surface area contributed by atoms with E-state index in [9.17, 15) is 14.3 Å². The number of phenolic OH excluding ortho intramolecular Hbond substituents is 1. The Labute approximate surface area is 118 Å². The Bertz CT molecular complexity index is 633. The Morgan fingerprint density at radius 3 is 2.47 bits per heavy atom. The molecule has 0 spiro atoms. The summed E-state index contributed by atoms with van der Waals surface area (Å²) in [6.07, 6.45) is 1.98. The van der Waals surface area contributed by atoms with Crippen LogP contribution in [0.15, 0.2) is 53.0 Å². The van der Waals surface area contributed by atoms with Gasteiger partial charge in [0.2, 0.25) is 0 Å². The summed E-state index contributed by atoms with van der Waals surface area (Å²) in [4.78, 5) is 10.8. The number of rotatable bonds is 3. The van der Waals surface area contributed by atoms with E-state index in [-0.39, 0.29) is 11.6 Å². The predicted molar refractivity (Wildman–Crippen MR) is 75.3 cm³/mol. The number of halogens is 2. The maximum atomic E-state index is 12.9. The first-order valence-corrected chi connectivity index (χ1v) is 6.31. The van der Waals surface area contributed by atoms with Crippen LogP contribution in [0.5, 0.6) is 5.75 Å². The van der Waals surface area contributed by atoms with E-state index >= 15 is 0 Å². The van der Waals surface area contributed by atoms with Crippen molar-refractivity contribution in [3.05, 3.63) is 70.0 Å². The van der Waals surface area contributed by atoms with E-state index in [2.05, 4.69) is 15.9 Å². The highest BCUT2D eigenvalue weighted by Crippen LogP contribution is 2.32. The molecule has 0 unspecified atom stereocenters. The molecule has 0 aliphatic carbocycles. The van der Waals surface area contributed by atoms with Crippen LogP contribution in [0, 0.1) is 5.82 Å². The summed E-state index contributed by atoms with van der Waals surface area (Å²) in [7, 11) is 0. The average molecular weight is 321 g/mol. The second-order valence-corrected chi connectivity index (χ2v) is 4.80. The lowest BCUT2D eigenvalue weighted by atomic mass is 9.97. The predicted octanol–water partition coefficient (Wildman–Crippen LogP) is 3.92. The quantitative estimate of drug-likeness (QED) is 0.687. The fraction of sp³-hybridized carbons (Fsp3) is 0. The lowest BCUT2D eigenvalue weighted by Gasteiger charge is -2.10. The first-order valence-electron chi connectivity index (χ1n) is 5.52. The topological polar surface area (TPSA) is 37.3 Å². The van der Waals surface area contributed by atoms with Gasteiger partial charge in [-0.1, -0.05) is 28.1 Å². The number of benzene rings is 2. The van der Waals surface area contributed by atoms with Gasteiger partial charge in [0.1, 0.15) is 17.9 Å². The smallest absolute Gasteiger partial charge is 0.143 e. The summed E-state index contributed by atoms with van der Waals surface area (Å²) in [5.74, 6) is -0.298. The van der Waals surface area contributed by atoms with Gasteiger partial charge in [-0.2, -0.15) is 0 Å². The summed E-state index contributed by atoms with van der Waals surface area (Å²) in [5.41, 5.74) is 1.70. The molecule has 2 aromatic carbocycles. The van der Waals surface area contributed by atoms with Crippen molar-refractivity contribution in [1.82, 2.24) is 0 Å². The lowest BCUT2D eigenvalue weighted by Crippen LogP contribution is -1.90. The molecule has 0 radical (unpaired) electrons. The highest BCUT2D eigenvalue weighted by atomic mass is 79.9. The van der Waals surface area contributed by atoms with E-state index in [0.29, 0.717) is 23.0 Å². The van der Waals surface area contributed by atoms with Crippen LogP contribution in [-0.2, 0) is 4.79 Å². The highest BCUT2D eigenvalue weighted by Gasteiger charge is 2.10. The van der Waals surface area contributed by atoms with Crippen LogP contribution >= 0.6 is 15.9 Å². The van der Waals surface area contributed by atoms with E-state index in [1.807, 2.05) is 0 Å². The normalized spacial score (nSPS) is 11.4. The zero-order valence-corrected chi connectivity index (χ0v) is 11.4. The van der Waals surface area contributed by atoms with Gasteiger partial charge in [0, 0.05) is 10.0 Å². The van der Waals surface area contributed by atoms with Gasteiger partial charge in [-0.15, -0.1) is 0 Å². The van der Waals surface area contributed by atoms with Crippen molar-refractivity contribution in [1.29, 1.82) is 0 Å². The van der Waals surface area contributed by atoms with Crippen LogP contribution in [0.2, 0.25) is 0 Å². The Morgan fingerprint density at radius 1 is 1.16 bits per heavy atom. The third-order valence-corrected chi connectivity index (χ3v) is 3.13. The molecule has 0 heterocycles. The molecule has 2 aromatic rings. The van der Waals surface area contributed by atoms with Crippen LogP contribution in [-0.4, -0.2) is 11.4 Å². The molecule has 1 N–H and O–H groups in total. The van der Waals surface area contributed by atoms with Crippen molar-refractivity contribution in [2.24, 2.45) is 0 Å². The van der Waals surface area contributed by atoms with E-state index in [4.69, 9.17) is 0 Å². The van der Waals surface area contributed by atoms with Crippen LogP contribution < -0.4 is 0 Å². The molecule has 0 aliphatic rings. The fourth-order valence-electron chi connectivity index (χ4n) is 1.76. The van der Waals surface area contributed by atoms with Crippen molar-refractivity contribution in [3.8, 4) is 5.75 Å². The Hall–Kier alpha value is -1.94. The fourth-order valence-corrected chi connectivity index (χ4v) is 2.12. The van der Waals surface area contributed by atoms with Gasteiger partial charge < -0.3 is 5.11 Å². The lowest BCUT2D eigenvalue weighted by molar-refractivity contribution is -0.104. The maximum absolute atomic E-state index is 12.9. The van der Waals surface area contributed by atoms with Crippen LogP contribution in [0.25, 0.3) is 5.57 Å². The SMILES string of the molecule is O=C/C=C(\c1ccc(F)cc1)c1cc(Br)ccc1O. The molecule has 96 valence electrons. The highest BCUT2D eigenvalue weighted by molar-refractivity contribution is 9.10. The number of aldehydes is 1. The second kappa shape index (κ2) is 5.80. The van der Waals surface area contributed by atoms with Crippen molar-refractivity contribution in [2.75, 3.05) is 0 Å². The summed E-state index contributed by atoms with van der Waals surface area (Å²) in [5, 5.41) is 9.90. The number of hydrogen-bond donors (Lipinski definition) is 1. The maximum Gasteiger partial charge on any atom is 0.143 e. The van der Waals surface area contributed by atoms with E-state index in [0.717, 1.165) is 4.47 Å². The van der Waals surface area contributed by atoms with Crippen LogP contribution in [0.4, 0.5) is 4.39 Å². The molecule has 0 atom stereocenters. The third-order valence-electron chi connectivity index (χ3n) is 2.64. The molecule has 0 bridgehead atoms. The molecular weight excluding hydrogens is 311 g/mol. The van der Waals surface area contributed by atoms with Crippen molar-refractivity contribution in [3.63, 3.8) is 0 Å².